The number of hydrogen-bond acceptors (Lipinski definition) is 5. The molecule has 26 heavy (non-hydrogen) atoms. The van der Waals surface area contributed by atoms with Crippen molar-refractivity contribution in [2.45, 2.75) is 31.2 Å². The molecule has 0 bridgehead atoms. The molecule has 136 valence electrons. The van der Waals surface area contributed by atoms with E-state index in [2.05, 4.69) is 15.4 Å². The molecule has 1 amide bonds. The highest BCUT2D eigenvalue weighted by Crippen LogP contribution is 2.29. The van der Waals surface area contributed by atoms with Gasteiger partial charge < -0.3 is 9.73 Å². The summed E-state index contributed by atoms with van der Waals surface area (Å²) in [7, 11) is 1.83. The Hall–Kier alpha value is -2.61. The molecule has 0 aliphatic heterocycles. The lowest BCUT2D eigenvalue weighted by Gasteiger charge is -2.10. The maximum atomic E-state index is 13.0. The van der Waals surface area contributed by atoms with Gasteiger partial charge in [0.15, 0.2) is 5.76 Å². The second-order valence-electron chi connectivity index (χ2n) is 5.92. The van der Waals surface area contributed by atoms with E-state index in [1.165, 1.54) is 23.9 Å². The van der Waals surface area contributed by atoms with E-state index in [1.54, 1.807) is 29.9 Å². The number of hydrogen-bond donors (Lipinski definition) is 1. The molecule has 1 atom stereocenters. The molecule has 0 spiro atoms. The van der Waals surface area contributed by atoms with Crippen molar-refractivity contribution in [1.29, 1.82) is 0 Å². The minimum atomic E-state index is -0.409. The minimum absolute atomic E-state index is 0.157. The van der Waals surface area contributed by atoms with Crippen LogP contribution in [0.2, 0.25) is 0 Å². The molecular formula is C18H19FN4O2S. The van der Waals surface area contributed by atoms with Crippen LogP contribution in [0.1, 0.15) is 18.3 Å². The van der Waals surface area contributed by atoms with Crippen molar-refractivity contribution >= 4 is 23.4 Å². The van der Waals surface area contributed by atoms with Crippen LogP contribution in [-0.4, -0.2) is 25.9 Å². The second-order valence-corrected chi connectivity index (χ2v) is 7.21. The number of carbonyl (C=O) groups is 1. The van der Waals surface area contributed by atoms with Gasteiger partial charge in [-0.1, -0.05) is 11.8 Å². The summed E-state index contributed by atoms with van der Waals surface area (Å²) in [6, 6.07) is 5.96. The quantitative estimate of drug-likeness (QED) is 0.685. The largest absolute Gasteiger partial charge is 0.431 e. The van der Waals surface area contributed by atoms with Gasteiger partial charge in [-0.2, -0.15) is 5.10 Å². The first-order valence-electron chi connectivity index (χ1n) is 8.04. The van der Waals surface area contributed by atoms with E-state index in [4.69, 9.17) is 4.42 Å². The van der Waals surface area contributed by atoms with Gasteiger partial charge in [-0.25, -0.2) is 9.37 Å². The first-order chi connectivity index (χ1) is 12.3. The van der Waals surface area contributed by atoms with Crippen LogP contribution in [0.5, 0.6) is 0 Å². The van der Waals surface area contributed by atoms with E-state index in [0.29, 0.717) is 11.0 Å². The molecule has 1 N–H and O–H groups in total. The van der Waals surface area contributed by atoms with Gasteiger partial charge in [0.2, 0.25) is 5.91 Å². The summed E-state index contributed by atoms with van der Waals surface area (Å²) in [5.74, 6) is 0.0592. The molecule has 0 aliphatic rings. The Morgan fingerprint density at radius 3 is 2.62 bits per heavy atom. The number of oxazole rings is 1. The van der Waals surface area contributed by atoms with Crippen LogP contribution in [0.3, 0.4) is 0 Å². The summed E-state index contributed by atoms with van der Waals surface area (Å²) in [4.78, 5) is 16.7. The van der Waals surface area contributed by atoms with E-state index in [-0.39, 0.29) is 11.7 Å². The van der Waals surface area contributed by atoms with Crippen molar-refractivity contribution in [2.24, 2.45) is 7.05 Å². The average molecular weight is 374 g/mol. The Kier molecular flexibility index (Phi) is 5.13. The number of anilines is 1. The fourth-order valence-corrected chi connectivity index (χ4v) is 3.16. The number of aromatic nitrogens is 3. The summed E-state index contributed by atoms with van der Waals surface area (Å²) < 4.78 is 20.4. The lowest BCUT2D eigenvalue weighted by Crippen LogP contribution is -2.23. The number of nitrogens with one attached hydrogen (secondary N) is 1. The molecule has 1 unspecified atom stereocenters. The zero-order valence-corrected chi connectivity index (χ0v) is 15.7. The average Bonchev–Trinajstić information content (AvgIpc) is 3.15. The van der Waals surface area contributed by atoms with Gasteiger partial charge in [0.25, 0.3) is 5.22 Å². The predicted molar refractivity (Wildman–Crippen MR) is 98.5 cm³/mol. The van der Waals surface area contributed by atoms with E-state index in [0.717, 1.165) is 22.6 Å². The number of nitrogens with zero attached hydrogens (tertiary/aromatic N) is 3. The standard InChI is InChI=1S/C18H19FN4O2S/c1-10-16(11(2)23(4)22-10)21-17(24)12(3)26-18-20-9-15(25-18)13-5-7-14(19)8-6-13/h5-9,12H,1-4H3,(H,21,24). The van der Waals surface area contributed by atoms with E-state index in [9.17, 15) is 9.18 Å². The second kappa shape index (κ2) is 7.33. The first kappa shape index (κ1) is 18.2. The van der Waals surface area contributed by atoms with Crippen LogP contribution < -0.4 is 5.32 Å². The summed E-state index contributed by atoms with van der Waals surface area (Å²) in [5, 5.41) is 7.17. The predicted octanol–water partition coefficient (Wildman–Crippen LogP) is 3.95. The smallest absolute Gasteiger partial charge is 0.256 e. The monoisotopic (exact) mass is 374 g/mol. The number of amides is 1. The molecule has 3 rings (SSSR count). The van der Waals surface area contributed by atoms with Crippen molar-refractivity contribution in [2.75, 3.05) is 5.32 Å². The van der Waals surface area contributed by atoms with Gasteiger partial charge in [-0.3, -0.25) is 9.48 Å². The highest BCUT2D eigenvalue weighted by atomic mass is 32.2. The van der Waals surface area contributed by atoms with Crippen molar-refractivity contribution < 1.29 is 13.6 Å². The number of thioether (sulfide) groups is 1. The molecule has 6 nitrogen and oxygen atoms in total. The topological polar surface area (TPSA) is 73.0 Å². The van der Waals surface area contributed by atoms with Gasteiger partial charge >= 0.3 is 0 Å². The summed E-state index contributed by atoms with van der Waals surface area (Å²) in [6.45, 7) is 5.53. The van der Waals surface area contributed by atoms with Gasteiger partial charge in [0.05, 0.1) is 28.5 Å². The van der Waals surface area contributed by atoms with Crippen LogP contribution in [0.25, 0.3) is 11.3 Å². The summed E-state index contributed by atoms with van der Waals surface area (Å²) >= 11 is 1.22. The molecule has 2 aromatic heterocycles. The Balaban J connectivity index is 1.67. The summed E-state index contributed by atoms with van der Waals surface area (Å²) in [5.41, 5.74) is 3.11. The maximum Gasteiger partial charge on any atom is 0.256 e. The number of halogens is 1. The highest BCUT2D eigenvalue weighted by Gasteiger charge is 2.20. The van der Waals surface area contributed by atoms with Gasteiger partial charge in [-0.05, 0) is 45.0 Å². The van der Waals surface area contributed by atoms with Crippen molar-refractivity contribution in [3.05, 3.63) is 47.7 Å². The first-order valence-corrected chi connectivity index (χ1v) is 8.92. The molecular weight excluding hydrogens is 355 g/mol. The fourth-order valence-electron chi connectivity index (χ4n) is 2.44. The van der Waals surface area contributed by atoms with Gasteiger partial charge in [0.1, 0.15) is 5.82 Å². The number of carbonyl (C=O) groups excluding carboxylic acids is 1. The molecule has 0 saturated carbocycles. The van der Waals surface area contributed by atoms with Crippen LogP contribution in [0, 0.1) is 19.7 Å². The molecule has 0 fully saturated rings. The number of benzene rings is 1. The van der Waals surface area contributed by atoms with Crippen molar-refractivity contribution in [3.8, 4) is 11.3 Å². The number of aryl methyl sites for hydroxylation is 2. The third kappa shape index (κ3) is 3.80. The van der Waals surface area contributed by atoms with Gasteiger partial charge in [-0.15, -0.1) is 0 Å². The molecule has 1 aromatic carbocycles. The lowest BCUT2D eigenvalue weighted by molar-refractivity contribution is -0.115. The fraction of sp³-hybridized carbons (Fsp3) is 0.278. The minimum Gasteiger partial charge on any atom is -0.431 e. The number of rotatable bonds is 5. The Labute approximate surface area is 154 Å². The zero-order chi connectivity index (χ0) is 18.8. The van der Waals surface area contributed by atoms with Crippen LogP contribution >= 0.6 is 11.8 Å². The van der Waals surface area contributed by atoms with E-state index >= 15 is 0 Å². The van der Waals surface area contributed by atoms with E-state index in [1.807, 2.05) is 20.9 Å². The van der Waals surface area contributed by atoms with E-state index < -0.39 is 5.25 Å². The Morgan fingerprint density at radius 1 is 1.31 bits per heavy atom. The van der Waals surface area contributed by atoms with Crippen molar-refractivity contribution in [3.63, 3.8) is 0 Å². The van der Waals surface area contributed by atoms with Crippen molar-refractivity contribution in [1.82, 2.24) is 14.8 Å². The maximum absolute atomic E-state index is 13.0. The molecule has 3 aromatic rings. The molecule has 2 heterocycles. The van der Waals surface area contributed by atoms with Crippen LogP contribution in [0.15, 0.2) is 40.1 Å². The third-order valence-corrected chi connectivity index (χ3v) is 4.98. The summed E-state index contributed by atoms with van der Waals surface area (Å²) in [6.07, 6.45) is 1.57. The SMILES string of the molecule is Cc1nn(C)c(C)c1NC(=O)C(C)Sc1ncc(-c2ccc(F)cc2)o1. The van der Waals surface area contributed by atoms with Crippen LogP contribution in [-0.2, 0) is 11.8 Å². The normalized spacial score (nSPS) is 12.2. The van der Waals surface area contributed by atoms with Crippen LogP contribution in [0.4, 0.5) is 10.1 Å². The highest BCUT2D eigenvalue weighted by molar-refractivity contribution is 8.00. The molecule has 0 aliphatic carbocycles. The lowest BCUT2D eigenvalue weighted by atomic mass is 10.2. The Bertz CT molecular complexity index is 933. The molecule has 0 saturated heterocycles. The third-order valence-electron chi connectivity index (χ3n) is 4.02. The zero-order valence-electron chi connectivity index (χ0n) is 14.9. The Morgan fingerprint density at radius 2 is 2.00 bits per heavy atom. The molecule has 8 heteroatoms. The molecule has 0 radical (unpaired) electrons. The van der Waals surface area contributed by atoms with Gasteiger partial charge in [0, 0.05) is 12.6 Å².